The van der Waals surface area contributed by atoms with E-state index in [1.165, 1.54) is 25.8 Å². The van der Waals surface area contributed by atoms with Gasteiger partial charge in [0.2, 0.25) is 0 Å². The van der Waals surface area contributed by atoms with Crippen molar-refractivity contribution in [3.63, 3.8) is 0 Å². The third-order valence-corrected chi connectivity index (χ3v) is 3.13. The van der Waals surface area contributed by atoms with Crippen molar-refractivity contribution in [1.82, 2.24) is 10.2 Å². The number of guanidine groups is 1. The Morgan fingerprint density at radius 1 is 1.39 bits per heavy atom. The summed E-state index contributed by atoms with van der Waals surface area (Å²) in [6, 6.07) is 0.578. The lowest BCUT2D eigenvalue weighted by Gasteiger charge is -2.34. The molecular formula is C13H29IN4. The van der Waals surface area contributed by atoms with Crippen molar-refractivity contribution in [3.05, 3.63) is 0 Å². The van der Waals surface area contributed by atoms with Crippen molar-refractivity contribution in [2.24, 2.45) is 10.7 Å². The largest absolute Gasteiger partial charge is 0.370 e. The lowest BCUT2D eigenvalue weighted by molar-refractivity contribution is 0.161. The predicted octanol–water partition coefficient (Wildman–Crippen LogP) is 2.18. The van der Waals surface area contributed by atoms with E-state index >= 15 is 0 Å². The molecule has 0 aliphatic carbocycles. The molecule has 1 aliphatic heterocycles. The average Bonchev–Trinajstić information content (AvgIpc) is 2.24. The number of nitrogens with one attached hydrogen (secondary N) is 1. The van der Waals surface area contributed by atoms with Crippen molar-refractivity contribution >= 4 is 29.9 Å². The molecule has 3 N–H and O–H groups in total. The van der Waals surface area contributed by atoms with E-state index in [-0.39, 0.29) is 29.5 Å². The number of hydrogen-bond acceptors (Lipinski definition) is 2. The minimum Gasteiger partial charge on any atom is -0.370 e. The third kappa shape index (κ3) is 6.78. The molecule has 5 heteroatoms. The SMILES string of the molecule is CCN1CCCCC1CN=C(N)NC(C)(C)C.I. The van der Waals surface area contributed by atoms with Gasteiger partial charge in [0.25, 0.3) is 0 Å². The Morgan fingerprint density at radius 3 is 2.61 bits per heavy atom. The van der Waals surface area contributed by atoms with Crippen molar-refractivity contribution in [2.75, 3.05) is 19.6 Å². The number of aliphatic imine (C=N–C) groups is 1. The topological polar surface area (TPSA) is 53.6 Å². The maximum absolute atomic E-state index is 5.88. The van der Waals surface area contributed by atoms with Crippen LogP contribution in [0.25, 0.3) is 0 Å². The summed E-state index contributed by atoms with van der Waals surface area (Å²) in [7, 11) is 0. The number of piperidine rings is 1. The van der Waals surface area contributed by atoms with E-state index in [1.807, 2.05) is 0 Å². The van der Waals surface area contributed by atoms with Gasteiger partial charge in [-0.3, -0.25) is 9.89 Å². The van der Waals surface area contributed by atoms with Gasteiger partial charge in [-0.1, -0.05) is 13.3 Å². The van der Waals surface area contributed by atoms with Gasteiger partial charge in [0, 0.05) is 11.6 Å². The number of nitrogens with zero attached hydrogens (tertiary/aromatic N) is 2. The fraction of sp³-hybridized carbons (Fsp3) is 0.923. The first kappa shape index (κ1) is 18.0. The molecule has 18 heavy (non-hydrogen) atoms. The van der Waals surface area contributed by atoms with E-state index in [9.17, 15) is 0 Å². The van der Waals surface area contributed by atoms with E-state index in [1.54, 1.807) is 0 Å². The summed E-state index contributed by atoms with van der Waals surface area (Å²) in [5.41, 5.74) is 5.87. The monoisotopic (exact) mass is 368 g/mol. The Morgan fingerprint density at radius 2 is 2.06 bits per heavy atom. The Bertz CT molecular complexity index is 260. The third-order valence-electron chi connectivity index (χ3n) is 3.13. The summed E-state index contributed by atoms with van der Waals surface area (Å²) in [6.07, 6.45) is 3.90. The van der Waals surface area contributed by atoms with E-state index in [0.717, 1.165) is 13.1 Å². The normalized spacial score (nSPS) is 22.4. The molecular weight excluding hydrogens is 339 g/mol. The molecule has 0 radical (unpaired) electrons. The summed E-state index contributed by atoms with van der Waals surface area (Å²) in [5, 5.41) is 3.20. The average molecular weight is 368 g/mol. The lowest BCUT2D eigenvalue weighted by atomic mass is 10.0. The van der Waals surface area contributed by atoms with E-state index in [0.29, 0.717) is 12.0 Å². The first-order valence-electron chi connectivity index (χ1n) is 6.74. The second kappa shape index (κ2) is 8.19. The molecule has 1 aliphatic rings. The van der Waals surface area contributed by atoms with Gasteiger partial charge in [0.1, 0.15) is 0 Å². The lowest BCUT2D eigenvalue weighted by Crippen LogP contribution is -2.46. The molecule has 108 valence electrons. The molecule has 0 bridgehead atoms. The standard InChI is InChI=1S/C13H28N4.HI/c1-5-17-9-7-6-8-11(17)10-15-12(14)16-13(2,3)4;/h11H,5-10H2,1-4H3,(H3,14,15,16);1H. The number of likely N-dealkylation sites (tertiary alicyclic amines) is 1. The number of rotatable bonds is 3. The van der Waals surface area contributed by atoms with E-state index in [2.05, 4.69) is 42.9 Å². The molecule has 0 aromatic rings. The highest BCUT2D eigenvalue weighted by Gasteiger charge is 2.20. The fourth-order valence-electron chi connectivity index (χ4n) is 2.31. The molecule has 1 rings (SSSR count). The summed E-state index contributed by atoms with van der Waals surface area (Å²) in [6.45, 7) is 11.6. The summed E-state index contributed by atoms with van der Waals surface area (Å²) < 4.78 is 0. The zero-order valence-corrected chi connectivity index (χ0v) is 14.5. The van der Waals surface area contributed by atoms with Crippen LogP contribution in [0.5, 0.6) is 0 Å². The van der Waals surface area contributed by atoms with Crippen LogP contribution in [0, 0.1) is 0 Å². The second-order valence-corrected chi connectivity index (χ2v) is 5.88. The van der Waals surface area contributed by atoms with Gasteiger partial charge < -0.3 is 11.1 Å². The molecule has 1 heterocycles. The highest BCUT2D eigenvalue weighted by atomic mass is 127. The van der Waals surface area contributed by atoms with Gasteiger partial charge in [-0.2, -0.15) is 0 Å². The van der Waals surface area contributed by atoms with Gasteiger partial charge >= 0.3 is 0 Å². The van der Waals surface area contributed by atoms with Crippen molar-refractivity contribution < 1.29 is 0 Å². The molecule has 0 spiro atoms. The Labute approximate surface area is 129 Å². The summed E-state index contributed by atoms with van der Waals surface area (Å²) in [5.74, 6) is 0.569. The molecule has 1 atom stereocenters. The highest BCUT2D eigenvalue weighted by Crippen LogP contribution is 2.16. The number of halogens is 1. The Kier molecular flexibility index (Phi) is 8.18. The molecule has 0 saturated carbocycles. The van der Waals surface area contributed by atoms with Gasteiger partial charge in [-0.05, 0) is 46.7 Å². The molecule has 4 nitrogen and oxygen atoms in total. The first-order valence-corrected chi connectivity index (χ1v) is 6.74. The van der Waals surface area contributed by atoms with Crippen molar-refractivity contribution in [2.45, 2.75) is 58.5 Å². The Hall–Kier alpha value is -0.0400. The number of nitrogens with two attached hydrogens (primary N) is 1. The van der Waals surface area contributed by atoms with Crippen LogP contribution in [-0.4, -0.2) is 42.1 Å². The maximum atomic E-state index is 5.88. The zero-order valence-electron chi connectivity index (χ0n) is 12.2. The molecule has 0 aromatic heterocycles. The van der Waals surface area contributed by atoms with E-state index < -0.39 is 0 Å². The second-order valence-electron chi connectivity index (χ2n) is 5.88. The molecule has 1 unspecified atom stereocenters. The molecule has 0 amide bonds. The van der Waals surface area contributed by atoms with Crippen LogP contribution < -0.4 is 11.1 Å². The highest BCUT2D eigenvalue weighted by molar-refractivity contribution is 14.0. The van der Waals surface area contributed by atoms with Crippen LogP contribution in [0.4, 0.5) is 0 Å². The Balaban J connectivity index is 0.00000289. The first-order chi connectivity index (χ1) is 7.92. The minimum absolute atomic E-state index is 0. The van der Waals surface area contributed by atoms with Crippen LogP contribution in [0.3, 0.4) is 0 Å². The van der Waals surface area contributed by atoms with Crippen molar-refractivity contribution in [3.8, 4) is 0 Å². The minimum atomic E-state index is -0.00933. The van der Waals surface area contributed by atoms with Gasteiger partial charge in [0.15, 0.2) is 5.96 Å². The van der Waals surface area contributed by atoms with Crippen molar-refractivity contribution in [1.29, 1.82) is 0 Å². The molecule has 1 saturated heterocycles. The van der Waals surface area contributed by atoms with Gasteiger partial charge in [0.05, 0.1) is 6.54 Å². The van der Waals surface area contributed by atoms with Crippen LogP contribution in [0.1, 0.15) is 47.0 Å². The van der Waals surface area contributed by atoms with Gasteiger partial charge in [-0.15, -0.1) is 24.0 Å². The van der Waals surface area contributed by atoms with Crippen LogP contribution in [0.15, 0.2) is 4.99 Å². The van der Waals surface area contributed by atoms with Crippen LogP contribution in [-0.2, 0) is 0 Å². The fourth-order valence-corrected chi connectivity index (χ4v) is 2.31. The maximum Gasteiger partial charge on any atom is 0.189 e. The number of likely N-dealkylation sites (N-methyl/N-ethyl adjacent to an activating group) is 1. The van der Waals surface area contributed by atoms with Crippen LogP contribution in [0.2, 0.25) is 0 Å². The zero-order chi connectivity index (χ0) is 12.9. The van der Waals surface area contributed by atoms with Crippen LogP contribution >= 0.6 is 24.0 Å². The summed E-state index contributed by atoms with van der Waals surface area (Å²) in [4.78, 5) is 6.98. The van der Waals surface area contributed by atoms with E-state index in [4.69, 9.17) is 5.73 Å². The predicted molar refractivity (Wildman–Crippen MR) is 89.7 cm³/mol. The van der Waals surface area contributed by atoms with Gasteiger partial charge in [-0.25, -0.2) is 0 Å². The smallest absolute Gasteiger partial charge is 0.189 e. The quantitative estimate of drug-likeness (QED) is 0.456. The summed E-state index contributed by atoms with van der Waals surface area (Å²) >= 11 is 0. The molecule has 0 aromatic carbocycles. The molecule has 1 fully saturated rings. The number of hydrogen-bond donors (Lipinski definition) is 2.